The van der Waals surface area contributed by atoms with Crippen molar-refractivity contribution in [2.45, 2.75) is 25.7 Å². The fraction of sp³-hybridized carbons (Fsp3) is 0.312. The number of aromatic nitrogens is 4. The Balaban J connectivity index is 1.62. The van der Waals surface area contributed by atoms with Gasteiger partial charge in [-0.3, -0.25) is 9.69 Å². The van der Waals surface area contributed by atoms with E-state index in [-0.39, 0.29) is 12.2 Å². The van der Waals surface area contributed by atoms with Crippen molar-refractivity contribution in [2.75, 3.05) is 6.54 Å². The van der Waals surface area contributed by atoms with E-state index in [0.29, 0.717) is 25.1 Å². The van der Waals surface area contributed by atoms with Crippen molar-refractivity contribution in [1.29, 1.82) is 0 Å². The van der Waals surface area contributed by atoms with Crippen LogP contribution in [0.15, 0.2) is 29.3 Å². The third kappa shape index (κ3) is 2.91. The van der Waals surface area contributed by atoms with E-state index in [1.54, 1.807) is 6.20 Å². The van der Waals surface area contributed by atoms with E-state index in [1.807, 2.05) is 28.2 Å². The molecular weight excluding hydrogens is 335 g/mol. The predicted octanol–water partition coefficient (Wildman–Crippen LogP) is 2.22. The molecule has 6 nitrogen and oxygen atoms in total. The summed E-state index contributed by atoms with van der Waals surface area (Å²) in [6.07, 6.45) is -0.760. The Morgan fingerprint density at radius 3 is 2.96 bits per heavy atom. The fourth-order valence-electron chi connectivity index (χ4n) is 3.15. The van der Waals surface area contributed by atoms with Crippen molar-refractivity contribution in [1.82, 2.24) is 24.8 Å². The molecule has 3 aromatic rings. The van der Waals surface area contributed by atoms with Gasteiger partial charge in [-0.1, -0.05) is 0 Å². The molecule has 25 heavy (non-hydrogen) atoms. The molecular formula is C16H14F3N5O. The van der Waals surface area contributed by atoms with Crippen LogP contribution in [0.5, 0.6) is 0 Å². The molecule has 0 aliphatic carbocycles. The molecule has 0 radical (unpaired) electrons. The molecule has 1 aliphatic heterocycles. The first-order valence-electron chi connectivity index (χ1n) is 7.74. The summed E-state index contributed by atoms with van der Waals surface area (Å²) in [5.74, 6) is -1.24. The van der Waals surface area contributed by atoms with Crippen molar-refractivity contribution in [3.63, 3.8) is 0 Å². The van der Waals surface area contributed by atoms with E-state index < -0.39 is 17.6 Å². The molecule has 0 atom stereocenters. The van der Waals surface area contributed by atoms with Gasteiger partial charge in [0, 0.05) is 43.0 Å². The number of fused-ring (bicyclic) bond motifs is 2. The molecule has 130 valence electrons. The predicted molar refractivity (Wildman–Crippen MR) is 83.8 cm³/mol. The number of H-pyrrole nitrogens is 2. The fourth-order valence-corrected chi connectivity index (χ4v) is 3.15. The first kappa shape index (κ1) is 15.8. The second kappa shape index (κ2) is 5.69. The zero-order valence-corrected chi connectivity index (χ0v) is 13.0. The second-order valence-electron chi connectivity index (χ2n) is 6.01. The Bertz CT molecular complexity index is 991. The standard InChI is InChI=1S/C16H14F3N5O/c17-16(18,19)15-22-12-8-24(5-3-11(12)14(25)23-15)7-9-6-21-13-10(9)2-1-4-20-13/h1-2,4,6H,3,5,7-8H2,(H,20,21)(H,22,23,25). The summed E-state index contributed by atoms with van der Waals surface area (Å²) in [6, 6.07) is 3.78. The molecule has 0 unspecified atom stereocenters. The topological polar surface area (TPSA) is 77.7 Å². The number of aromatic amines is 2. The van der Waals surface area contributed by atoms with Crippen LogP contribution in [-0.2, 0) is 25.7 Å². The minimum atomic E-state index is -4.67. The summed E-state index contributed by atoms with van der Waals surface area (Å²) in [4.78, 5) is 26.7. The Hall–Kier alpha value is -2.68. The van der Waals surface area contributed by atoms with Gasteiger partial charge >= 0.3 is 6.18 Å². The van der Waals surface area contributed by atoms with Crippen LogP contribution in [0.4, 0.5) is 13.2 Å². The summed E-state index contributed by atoms with van der Waals surface area (Å²) in [7, 11) is 0. The summed E-state index contributed by atoms with van der Waals surface area (Å²) in [5, 5.41) is 0.975. The number of nitrogens with zero attached hydrogens (tertiary/aromatic N) is 3. The Morgan fingerprint density at radius 1 is 1.32 bits per heavy atom. The average molecular weight is 349 g/mol. The van der Waals surface area contributed by atoms with Crippen LogP contribution < -0.4 is 5.56 Å². The van der Waals surface area contributed by atoms with Gasteiger partial charge in [0.2, 0.25) is 5.82 Å². The van der Waals surface area contributed by atoms with Gasteiger partial charge in [0.05, 0.1) is 5.69 Å². The molecule has 0 amide bonds. The third-order valence-corrected chi connectivity index (χ3v) is 4.35. The van der Waals surface area contributed by atoms with Crippen molar-refractivity contribution in [3.05, 3.63) is 57.5 Å². The minimum absolute atomic E-state index is 0.195. The first-order valence-corrected chi connectivity index (χ1v) is 7.74. The van der Waals surface area contributed by atoms with Crippen molar-refractivity contribution < 1.29 is 13.2 Å². The number of nitrogens with one attached hydrogen (secondary N) is 2. The molecule has 2 N–H and O–H groups in total. The monoisotopic (exact) mass is 349 g/mol. The lowest BCUT2D eigenvalue weighted by Crippen LogP contribution is -2.36. The number of hydrogen-bond acceptors (Lipinski definition) is 4. The SMILES string of the molecule is O=c1[nH]c(C(F)(F)F)nc2c1CCN(Cc1c[nH]c3ncccc13)C2. The Morgan fingerprint density at radius 2 is 2.16 bits per heavy atom. The van der Waals surface area contributed by atoms with Crippen LogP contribution in [0.25, 0.3) is 11.0 Å². The number of rotatable bonds is 2. The largest absolute Gasteiger partial charge is 0.449 e. The van der Waals surface area contributed by atoms with Crippen molar-refractivity contribution >= 4 is 11.0 Å². The smallest absolute Gasteiger partial charge is 0.346 e. The molecule has 4 heterocycles. The van der Waals surface area contributed by atoms with Gasteiger partial charge in [-0.05, 0) is 24.1 Å². The van der Waals surface area contributed by atoms with Gasteiger partial charge in [-0.25, -0.2) is 9.97 Å². The van der Waals surface area contributed by atoms with E-state index in [0.717, 1.165) is 16.6 Å². The third-order valence-electron chi connectivity index (χ3n) is 4.35. The van der Waals surface area contributed by atoms with Crippen LogP contribution in [0.3, 0.4) is 0 Å². The van der Waals surface area contributed by atoms with Crippen LogP contribution in [0.1, 0.15) is 22.6 Å². The molecule has 0 fully saturated rings. The quantitative estimate of drug-likeness (QED) is 0.744. The van der Waals surface area contributed by atoms with E-state index in [4.69, 9.17) is 0 Å². The number of halogens is 3. The van der Waals surface area contributed by atoms with Gasteiger partial charge in [0.15, 0.2) is 0 Å². The van der Waals surface area contributed by atoms with Crippen LogP contribution >= 0.6 is 0 Å². The van der Waals surface area contributed by atoms with Gasteiger partial charge in [0.25, 0.3) is 5.56 Å². The van der Waals surface area contributed by atoms with Crippen molar-refractivity contribution in [3.8, 4) is 0 Å². The zero-order valence-electron chi connectivity index (χ0n) is 13.0. The molecule has 1 aliphatic rings. The highest BCUT2D eigenvalue weighted by atomic mass is 19.4. The van der Waals surface area contributed by atoms with E-state index in [2.05, 4.69) is 15.0 Å². The number of alkyl halides is 3. The maximum absolute atomic E-state index is 12.9. The van der Waals surface area contributed by atoms with Gasteiger partial charge in [-0.15, -0.1) is 0 Å². The Labute approximate surface area is 139 Å². The molecule has 0 aromatic carbocycles. The van der Waals surface area contributed by atoms with E-state index in [1.165, 1.54) is 0 Å². The first-order chi connectivity index (χ1) is 11.9. The van der Waals surface area contributed by atoms with Crippen molar-refractivity contribution in [2.24, 2.45) is 0 Å². The summed E-state index contributed by atoms with van der Waals surface area (Å²) in [6.45, 7) is 1.33. The number of hydrogen-bond donors (Lipinski definition) is 2. The average Bonchev–Trinajstić information content (AvgIpc) is 2.97. The normalized spacial score (nSPS) is 15.5. The lowest BCUT2D eigenvalue weighted by atomic mass is 10.1. The van der Waals surface area contributed by atoms with Gasteiger partial charge in [-0.2, -0.15) is 13.2 Å². The summed E-state index contributed by atoms with van der Waals surface area (Å²) >= 11 is 0. The Kier molecular flexibility index (Phi) is 3.60. The molecule has 4 rings (SSSR count). The van der Waals surface area contributed by atoms with Gasteiger partial charge < -0.3 is 9.97 Å². The van der Waals surface area contributed by atoms with E-state index >= 15 is 0 Å². The van der Waals surface area contributed by atoms with Crippen LogP contribution in [-0.4, -0.2) is 31.4 Å². The molecule has 0 bridgehead atoms. The lowest BCUT2D eigenvalue weighted by molar-refractivity contribution is -0.145. The molecule has 3 aromatic heterocycles. The number of pyridine rings is 1. The second-order valence-corrected chi connectivity index (χ2v) is 6.01. The highest BCUT2D eigenvalue weighted by molar-refractivity contribution is 5.79. The van der Waals surface area contributed by atoms with Gasteiger partial charge in [0.1, 0.15) is 5.65 Å². The zero-order chi connectivity index (χ0) is 17.6. The molecule has 9 heteroatoms. The lowest BCUT2D eigenvalue weighted by Gasteiger charge is -2.27. The molecule has 0 saturated heterocycles. The molecule has 0 saturated carbocycles. The summed E-state index contributed by atoms with van der Waals surface area (Å²) < 4.78 is 38.6. The van der Waals surface area contributed by atoms with Crippen LogP contribution in [0.2, 0.25) is 0 Å². The maximum Gasteiger partial charge on any atom is 0.449 e. The highest BCUT2D eigenvalue weighted by Crippen LogP contribution is 2.27. The highest BCUT2D eigenvalue weighted by Gasteiger charge is 2.36. The molecule has 0 spiro atoms. The summed E-state index contributed by atoms with van der Waals surface area (Å²) in [5.41, 5.74) is 1.61. The minimum Gasteiger partial charge on any atom is -0.346 e. The van der Waals surface area contributed by atoms with Crippen LogP contribution in [0, 0.1) is 0 Å². The maximum atomic E-state index is 12.9. The van der Waals surface area contributed by atoms with E-state index in [9.17, 15) is 18.0 Å².